The summed E-state index contributed by atoms with van der Waals surface area (Å²) in [4.78, 5) is 23.9. The van der Waals surface area contributed by atoms with Gasteiger partial charge in [-0.1, -0.05) is 48.5 Å². The van der Waals surface area contributed by atoms with E-state index in [0.29, 0.717) is 12.5 Å². The van der Waals surface area contributed by atoms with E-state index in [4.69, 9.17) is 0 Å². The maximum Gasteiger partial charge on any atom is 0.317 e. The van der Waals surface area contributed by atoms with Crippen LogP contribution in [0.25, 0.3) is 0 Å². The number of hydrogen-bond acceptors (Lipinski definition) is 4. The van der Waals surface area contributed by atoms with E-state index in [0.717, 1.165) is 57.7 Å². The van der Waals surface area contributed by atoms with Gasteiger partial charge in [-0.25, -0.2) is 4.79 Å². The quantitative estimate of drug-likeness (QED) is 0.505. The average molecular weight is 484 g/mol. The third-order valence-corrected chi connectivity index (χ3v) is 7.37. The number of nitrogens with one attached hydrogen (secondary N) is 1. The Hall–Kier alpha value is -3.38. The maximum absolute atomic E-state index is 12.9. The van der Waals surface area contributed by atoms with Gasteiger partial charge in [-0.3, -0.25) is 4.98 Å². The number of hydrogen-bond donors (Lipinski definition) is 1. The summed E-state index contributed by atoms with van der Waals surface area (Å²) in [6.45, 7) is 6.10. The highest BCUT2D eigenvalue weighted by atomic mass is 16.2. The highest BCUT2D eigenvalue weighted by Crippen LogP contribution is 2.28. The Morgan fingerprint density at radius 1 is 1.03 bits per heavy atom. The minimum atomic E-state index is 0.0485. The first-order valence-electron chi connectivity index (χ1n) is 13.1. The van der Waals surface area contributed by atoms with E-state index in [2.05, 4.69) is 81.7 Å². The lowest BCUT2D eigenvalue weighted by Gasteiger charge is -2.34. The second-order valence-corrected chi connectivity index (χ2v) is 10.3. The van der Waals surface area contributed by atoms with Gasteiger partial charge in [0.15, 0.2) is 0 Å². The molecule has 1 aromatic heterocycles. The van der Waals surface area contributed by atoms with Gasteiger partial charge in [-0.2, -0.15) is 0 Å². The van der Waals surface area contributed by atoms with Crippen LogP contribution < -0.4 is 10.2 Å². The molecule has 1 unspecified atom stereocenters. The number of aromatic nitrogens is 1. The molecule has 0 saturated carbocycles. The molecule has 2 aromatic carbocycles. The Balaban J connectivity index is 1.07. The standard InChI is InChI=1S/C30H37N5O/c1-33(20-26-6-4-15-31-18-26)21-27-7-5-16-35(23-27)30(36)32-19-24-10-12-25(13-11-24)22-34-17-14-28-8-2-3-9-29(28)34/h2-4,6,8-13,15,18,27H,5,7,14,16-17,19-23H2,1H3,(H,32,36). The summed E-state index contributed by atoms with van der Waals surface area (Å²) in [6, 6.07) is 21.5. The maximum atomic E-state index is 12.9. The van der Waals surface area contributed by atoms with Crippen molar-refractivity contribution in [3.05, 3.63) is 95.3 Å². The molecule has 36 heavy (non-hydrogen) atoms. The van der Waals surface area contributed by atoms with Crippen molar-refractivity contribution in [1.29, 1.82) is 0 Å². The Morgan fingerprint density at radius 3 is 2.69 bits per heavy atom. The second-order valence-electron chi connectivity index (χ2n) is 10.3. The summed E-state index contributed by atoms with van der Waals surface area (Å²) in [6.07, 6.45) is 7.09. The second kappa shape index (κ2) is 11.6. The fraction of sp³-hybridized carbons (Fsp3) is 0.400. The van der Waals surface area contributed by atoms with Gasteiger partial charge in [0.05, 0.1) is 0 Å². The lowest BCUT2D eigenvalue weighted by atomic mass is 9.97. The number of anilines is 1. The zero-order valence-corrected chi connectivity index (χ0v) is 21.3. The number of likely N-dealkylation sites (tertiary alicyclic amines) is 1. The number of para-hydroxylation sites is 1. The normalized spacial score (nSPS) is 17.3. The summed E-state index contributed by atoms with van der Waals surface area (Å²) in [5.41, 5.74) is 6.46. The predicted molar refractivity (Wildman–Crippen MR) is 145 cm³/mol. The van der Waals surface area contributed by atoms with Crippen molar-refractivity contribution in [2.75, 3.05) is 38.1 Å². The van der Waals surface area contributed by atoms with Crippen LogP contribution in [0.15, 0.2) is 73.1 Å². The van der Waals surface area contributed by atoms with Crippen LogP contribution in [-0.2, 0) is 26.1 Å². The van der Waals surface area contributed by atoms with Gasteiger partial charge >= 0.3 is 6.03 Å². The van der Waals surface area contributed by atoms with E-state index in [1.165, 1.54) is 28.8 Å². The molecule has 6 nitrogen and oxygen atoms in total. The van der Waals surface area contributed by atoms with E-state index in [-0.39, 0.29) is 6.03 Å². The highest BCUT2D eigenvalue weighted by molar-refractivity contribution is 5.74. The topological polar surface area (TPSA) is 51.7 Å². The monoisotopic (exact) mass is 483 g/mol. The molecule has 0 bridgehead atoms. The molecule has 1 N–H and O–H groups in total. The molecule has 0 aliphatic carbocycles. The molecule has 2 aliphatic rings. The van der Waals surface area contributed by atoms with Crippen molar-refractivity contribution in [3.8, 4) is 0 Å². The summed E-state index contributed by atoms with van der Waals surface area (Å²) >= 11 is 0. The fourth-order valence-electron chi connectivity index (χ4n) is 5.55. The Labute approximate surface area is 214 Å². The van der Waals surface area contributed by atoms with E-state index in [1.807, 2.05) is 23.4 Å². The minimum absolute atomic E-state index is 0.0485. The summed E-state index contributed by atoms with van der Waals surface area (Å²) in [7, 11) is 2.15. The molecule has 2 aliphatic heterocycles. The van der Waals surface area contributed by atoms with Crippen LogP contribution >= 0.6 is 0 Å². The number of carbonyl (C=O) groups excluding carboxylic acids is 1. The number of pyridine rings is 1. The molecule has 3 heterocycles. The van der Waals surface area contributed by atoms with Crippen molar-refractivity contribution >= 4 is 11.7 Å². The van der Waals surface area contributed by atoms with E-state index in [9.17, 15) is 4.79 Å². The van der Waals surface area contributed by atoms with Gasteiger partial charge in [0.25, 0.3) is 0 Å². The first kappa shape index (κ1) is 24.3. The van der Waals surface area contributed by atoms with Crippen LogP contribution in [-0.4, -0.2) is 54.0 Å². The number of rotatable bonds is 8. The fourth-order valence-corrected chi connectivity index (χ4v) is 5.55. The summed E-state index contributed by atoms with van der Waals surface area (Å²) in [5, 5.41) is 3.14. The molecule has 5 rings (SSSR count). The van der Waals surface area contributed by atoms with Crippen molar-refractivity contribution in [2.24, 2.45) is 5.92 Å². The number of amides is 2. The Morgan fingerprint density at radius 2 is 1.86 bits per heavy atom. The third kappa shape index (κ3) is 6.24. The molecular formula is C30H37N5O. The SMILES string of the molecule is CN(Cc1cccnc1)CC1CCCN(C(=O)NCc2ccc(CN3CCc4ccccc43)cc2)C1. The van der Waals surface area contributed by atoms with Gasteiger partial charge in [0.2, 0.25) is 0 Å². The van der Waals surface area contributed by atoms with Crippen LogP contribution in [0.3, 0.4) is 0 Å². The van der Waals surface area contributed by atoms with Gasteiger partial charge in [-0.05, 0) is 66.6 Å². The van der Waals surface area contributed by atoms with Crippen LogP contribution in [0.4, 0.5) is 10.5 Å². The first-order chi connectivity index (χ1) is 17.6. The van der Waals surface area contributed by atoms with E-state index < -0.39 is 0 Å². The summed E-state index contributed by atoms with van der Waals surface area (Å²) < 4.78 is 0. The molecule has 0 spiro atoms. The Bertz CT molecular complexity index is 1130. The van der Waals surface area contributed by atoms with E-state index >= 15 is 0 Å². The molecule has 1 atom stereocenters. The van der Waals surface area contributed by atoms with Crippen molar-refractivity contribution in [3.63, 3.8) is 0 Å². The molecule has 1 saturated heterocycles. The number of fused-ring (bicyclic) bond motifs is 1. The Kier molecular flexibility index (Phi) is 7.82. The van der Waals surface area contributed by atoms with Crippen molar-refractivity contribution < 1.29 is 4.79 Å². The van der Waals surface area contributed by atoms with Gasteiger partial charge < -0.3 is 20.0 Å². The summed E-state index contributed by atoms with van der Waals surface area (Å²) in [5.74, 6) is 0.501. The number of nitrogens with zero attached hydrogens (tertiary/aromatic N) is 4. The molecule has 188 valence electrons. The average Bonchev–Trinajstić information content (AvgIpc) is 3.31. The lowest BCUT2D eigenvalue weighted by Crippen LogP contribution is -2.47. The zero-order chi connectivity index (χ0) is 24.7. The van der Waals surface area contributed by atoms with Gasteiger partial charge in [0, 0.05) is 63.9 Å². The largest absolute Gasteiger partial charge is 0.367 e. The van der Waals surface area contributed by atoms with Crippen molar-refractivity contribution in [2.45, 2.75) is 38.9 Å². The van der Waals surface area contributed by atoms with E-state index in [1.54, 1.807) is 0 Å². The predicted octanol–water partition coefficient (Wildman–Crippen LogP) is 4.70. The molecular weight excluding hydrogens is 446 g/mol. The molecule has 2 amide bonds. The van der Waals surface area contributed by atoms with Crippen LogP contribution in [0.1, 0.15) is 35.1 Å². The van der Waals surface area contributed by atoms with Gasteiger partial charge in [-0.15, -0.1) is 0 Å². The smallest absolute Gasteiger partial charge is 0.317 e. The van der Waals surface area contributed by atoms with Gasteiger partial charge in [0.1, 0.15) is 0 Å². The minimum Gasteiger partial charge on any atom is -0.367 e. The van der Waals surface area contributed by atoms with Crippen LogP contribution in [0, 0.1) is 5.92 Å². The molecule has 6 heteroatoms. The van der Waals surface area contributed by atoms with Crippen LogP contribution in [0.5, 0.6) is 0 Å². The zero-order valence-electron chi connectivity index (χ0n) is 21.3. The number of carbonyl (C=O) groups is 1. The first-order valence-corrected chi connectivity index (χ1v) is 13.1. The molecule has 1 fully saturated rings. The number of piperidine rings is 1. The number of benzene rings is 2. The molecule has 0 radical (unpaired) electrons. The molecule has 3 aromatic rings. The third-order valence-electron chi connectivity index (χ3n) is 7.37. The van der Waals surface area contributed by atoms with Crippen LogP contribution in [0.2, 0.25) is 0 Å². The van der Waals surface area contributed by atoms with Crippen molar-refractivity contribution in [1.82, 2.24) is 20.1 Å². The highest BCUT2D eigenvalue weighted by Gasteiger charge is 2.24. The lowest BCUT2D eigenvalue weighted by molar-refractivity contribution is 0.145. The number of urea groups is 1.